The van der Waals surface area contributed by atoms with Gasteiger partial charge in [0.15, 0.2) is 0 Å². The SMILES string of the molecule is CN1CCC(c2nn(Cc3ccccc3F)c3ccccc23)CC1. The number of para-hydroxylation sites is 1. The van der Waals surface area contributed by atoms with Crippen LogP contribution in [-0.2, 0) is 6.54 Å². The molecule has 1 aliphatic rings. The van der Waals surface area contributed by atoms with Crippen molar-refractivity contribution in [2.75, 3.05) is 20.1 Å². The van der Waals surface area contributed by atoms with E-state index in [-0.39, 0.29) is 5.82 Å². The second-order valence-electron chi connectivity index (χ2n) is 6.73. The molecule has 1 aliphatic heterocycles. The molecule has 4 heteroatoms. The van der Waals surface area contributed by atoms with Crippen LogP contribution >= 0.6 is 0 Å². The number of nitrogens with zero attached hydrogens (tertiary/aromatic N) is 3. The van der Waals surface area contributed by atoms with Crippen molar-refractivity contribution < 1.29 is 4.39 Å². The third-order valence-corrected chi connectivity index (χ3v) is 5.07. The molecule has 0 radical (unpaired) electrons. The Bertz CT molecular complexity index is 847. The van der Waals surface area contributed by atoms with E-state index in [0.29, 0.717) is 18.0 Å². The summed E-state index contributed by atoms with van der Waals surface area (Å²) in [5.41, 5.74) is 2.95. The average molecular weight is 323 g/mol. The summed E-state index contributed by atoms with van der Waals surface area (Å²) in [7, 11) is 2.17. The maximum atomic E-state index is 14.0. The summed E-state index contributed by atoms with van der Waals surface area (Å²) in [6, 6.07) is 15.3. The summed E-state index contributed by atoms with van der Waals surface area (Å²) in [4.78, 5) is 2.37. The number of aromatic nitrogens is 2. The van der Waals surface area contributed by atoms with Gasteiger partial charge in [0.25, 0.3) is 0 Å². The first-order valence-corrected chi connectivity index (χ1v) is 8.60. The van der Waals surface area contributed by atoms with Crippen LogP contribution in [0.3, 0.4) is 0 Å². The molecule has 24 heavy (non-hydrogen) atoms. The van der Waals surface area contributed by atoms with E-state index in [1.807, 2.05) is 22.9 Å². The van der Waals surface area contributed by atoms with Gasteiger partial charge in [-0.2, -0.15) is 5.10 Å². The highest BCUT2D eigenvalue weighted by Crippen LogP contribution is 2.32. The fourth-order valence-electron chi connectivity index (χ4n) is 3.65. The molecule has 124 valence electrons. The van der Waals surface area contributed by atoms with Gasteiger partial charge < -0.3 is 4.90 Å². The van der Waals surface area contributed by atoms with Gasteiger partial charge in [-0.1, -0.05) is 36.4 Å². The van der Waals surface area contributed by atoms with Crippen molar-refractivity contribution in [3.8, 4) is 0 Å². The predicted molar refractivity (Wildman–Crippen MR) is 94.7 cm³/mol. The van der Waals surface area contributed by atoms with E-state index in [1.165, 1.54) is 17.1 Å². The van der Waals surface area contributed by atoms with Crippen molar-refractivity contribution in [3.05, 3.63) is 65.6 Å². The Hall–Kier alpha value is -2.20. The largest absolute Gasteiger partial charge is 0.306 e. The molecule has 0 unspecified atom stereocenters. The quantitative estimate of drug-likeness (QED) is 0.725. The first-order valence-electron chi connectivity index (χ1n) is 8.60. The minimum Gasteiger partial charge on any atom is -0.306 e. The van der Waals surface area contributed by atoms with E-state index in [2.05, 4.69) is 30.1 Å². The summed E-state index contributed by atoms with van der Waals surface area (Å²) in [5.74, 6) is 0.325. The van der Waals surface area contributed by atoms with Crippen LogP contribution in [0.1, 0.15) is 30.0 Å². The fourth-order valence-corrected chi connectivity index (χ4v) is 3.65. The van der Waals surface area contributed by atoms with Crippen molar-refractivity contribution >= 4 is 10.9 Å². The Balaban J connectivity index is 1.73. The second-order valence-corrected chi connectivity index (χ2v) is 6.73. The van der Waals surface area contributed by atoms with Crippen molar-refractivity contribution in [1.29, 1.82) is 0 Å². The van der Waals surface area contributed by atoms with Gasteiger partial charge in [0.2, 0.25) is 0 Å². The number of rotatable bonds is 3. The van der Waals surface area contributed by atoms with Crippen LogP contribution in [-0.4, -0.2) is 34.8 Å². The summed E-state index contributed by atoms with van der Waals surface area (Å²) >= 11 is 0. The molecule has 2 aromatic carbocycles. The Morgan fingerprint density at radius 3 is 2.54 bits per heavy atom. The minimum absolute atomic E-state index is 0.169. The molecule has 4 rings (SSSR count). The molecule has 0 spiro atoms. The lowest BCUT2D eigenvalue weighted by Crippen LogP contribution is -2.29. The Labute approximate surface area is 141 Å². The Morgan fingerprint density at radius 1 is 1.04 bits per heavy atom. The van der Waals surface area contributed by atoms with Crippen molar-refractivity contribution in [2.24, 2.45) is 0 Å². The van der Waals surface area contributed by atoms with E-state index in [0.717, 1.165) is 31.4 Å². The number of likely N-dealkylation sites (tertiary alicyclic amines) is 1. The summed E-state index contributed by atoms with van der Waals surface area (Å²) < 4.78 is 16.0. The standard InChI is InChI=1S/C20H22FN3/c1-23-12-10-15(11-13-23)20-17-7-3-5-9-19(17)24(22-20)14-16-6-2-4-8-18(16)21/h2-9,15H,10-14H2,1H3. The zero-order valence-corrected chi connectivity index (χ0v) is 14.0. The molecule has 0 N–H and O–H groups in total. The Kier molecular flexibility index (Phi) is 4.07. The number of hydrogen-bond acceptors (Lipinski definition) is 2. The molecular formula is C20H22FN3. The summed E-state index contributed by atoms with van der Waals surface area (Å²) in [5, 5.41) is 6.12. The number of benzene rings is 2. The number of hydrogen-bond donors (Lipinski definition) is 0. The van der Waals surface area contributed by atoms with Crippen molar-refractivity contribution in [1.82, 2.24) is 14.7 Å². The molecule has 0 amide bonds. The van der Waals surface area contributed by atoms with Gasteiger partial charge in [-0.3, -0.25) is 4.68 Å². The molecule has 0 aliphatic carbocycles. The van der Waals surface area contributed by atoms with Gasteiger partial charge in [-0.05, 0) is 45.1 Å². The highest BCUT2D eigenvalue weighted by Gasteiger charge is 2.23. The monoisotopic (exact) mass is 323 g/mol. The Morgan fingerprint density at radius 2 is 1.75 bits per heavy atom. The average Bonchev–Trinajstić information content (AvgIpc) is 2.97. The van der Waals surface area contributed by atoms with E-state index >= 15 is 0 Å². The number of fused-ring (bicyclic) bond motifs is 1. The minimum atomic E-state index is -0.169. The predicted octanol–water partition coefficient (Wildman–Crippen LogP) is 4.03. The molecule has 3 aromatic rings. The van der Waals surface area contributed by atoms with Crippen molar-refractivity contribution in [3.63, 3.8) is 0 Å². The highest BCUT2D eigenvalue weighted by atomic mass is 19.1. The number of halogens is 1. The first-order chi connectivity index (χ1) is 11.7. The molecule has 2 heterocycles. The van der Waals surface area contributed by atoms with Gasteiger partial charge >= 0.3 is 0 Å². The van der Waals surface area contributed by atoms with Crippen LogP contribution < -0.4 is 0 Å². The maximum absolute atomic E-state index is 14.0. The van der Waals surface area contributed by atoms with Crippen LogP contribution in [0.2, 0.25) is 0 Å². The third kappa shape index (κ3) is 2.82. The smallest absolute Gasteiger partial charge is 0.128 e. The summed E-state index contributed by atoms with van der Waals surface area (Å²) in [6.07, 6.45) is 2.27. The van der Waals surface area contributed by atoms with Crippen LogP contribution in [0.5, 0.6) is 0 Å². The van der Waals surface area contributed by atoms with Crippen molar-refractivity contribution in [2.45, 2.75) is 25.3 Å². The lowest BCUT2D eigenvalue weighted by molar-refractivity contribution is 0.253. The molecule has 0 saturated carbocycles. The van der Waals surface area contributed by atoms with Gasteiger partial charge in [-0.15, -0.1) is 0 Å². The lowest BCUT2D eigenvalue weighted by atomic mass is 9.92. The highest BCUT2D eigenvalue weighted by molar-refractivity contribution is 5.82. The molecule has 0 atom stereocenters. The molecule has 3 nitrogen and oxygen atoms in total. The maximum Gasteiger partial charge on any atom is 0.128 e. The molecule has 0 bridgehead atoms. The topological polar surface area (TPSA) is 21.1 Å². The van der Waals surface area contributed by atoms with Gasteiger partial charge in [0, 0.05) is 16.9 Å². The van der Waals surface area contributed by atoms with E-state index in [4.69, 9.17) is 5.10 Å². The molecular weight excluding hydrogens is 301 g/mol. The molecule has 1 saturated heterocycles. The van der Waals surface area contributed by atoms with E-state index in [1.54, 1.807) is 6.07 Å². The zero-order valence-electron chi connectivity index (χ0n) is 14.0. The van der Waals surface area contributed by atoms with Gasteiger partial charge in [0.1, 0.15) is 5.82 Å². The summed E-state index contributed by atoms with van der Waals surface area (Å²) in [6.45, 7) is 2.69. The molecule has 1 fully saturated rings. The van der Waals surface area contributed by atoms with E-state index < -0.39 is 0 Å². The van der Waals surface area contributed by atoms with Crippen LogP contribution in [0.4, 0.5) is 4.39 Å². The normalized spacial score (nSPS) is 16.8. The number of piperidine rings is 1. The van der Waals surface area contributed by atoms with Crippen LogP contribution in [0.15, 0.2) is 48.5 Å². The van der Waals surface area contributed by atoms with Gasteiger partial charge in [0.05, 0.1) is 17.8 Å². The van der Waals surface area contributed by atoms with Gasteiger partial charge in [-0.25, -0.2) is 4.39 Å². The van der Waals surface area contributed by atoms with Crippen LogP contribution in [0.25, 0.3) is 10.9 Å². The van der Waals surface area contributed by atoms with Crippen LogP contribution in [0, 0.1) is 5.82 Å². The zero-order chi connectivity index (χ0) is 16.5. The third-order valence-electron chi connectivity index (χ3n) is 5.07. The first kappa shape index (κ1) is 15.3. The fraction of sp³-hybridized carbons (Fsp3) is 0.350. The lowest BCUT2D eigenvalue weighted by Gasteiger charge is -2.28. The molecule has 1 aromatic heterocycles. The second kappa shape index (κ2) is 6.36. The van der Waals surface area contributed by atoms with E-state index in [9.17, 15) is 4.39 Å².